The molecule has 3 atom stereocenters. The number of nitrogens with zero attached hydrogens (tertiary/aromatic N) is 1. The van der Waals surface area contributed by atoms with Gasteiger partial charge in [-0.2, -0.15) is 4.79 Å². The maximum Gasteiger partial charge on any atom is 0.532 e. The minimum Gasteiger partial charge on any atom is -0.456 e. The molecule has 0 saturated carbocycles. The Morgan fingerprint density at radius 1 is 1.24 bits per heavy atom. The second-order valence-electron chi connectivity index (χ2n) is 6.88. The highest BCUT2D eigenvalue weighted by Crippen LogP contribution is 2.43. The maximum atomic E-state index is 12.6. The number of hydrogen-bond donors (Lipinski definition) is 1. The topological polar surface area (TPSA) is 107 Å². The van der Waals surface area contributed by atoms with Gasteiger partial charge in [0, 0.05) is 0 Å². The fraction of sp³-hybridized carbons (Fsp3) is 0.500. The monoisotopic (exact) mass is 372 g/mol. The van der Waals surface area contributed by atoms with Crippen LogP contribution < -0.4 is 0 Å². The first-order valence-corrected chi connectivity index (χ1v) is 9.08. The van der Waals surface area contributed by atoms with Crippen molar-refractivity contribution < 1.29 is 35.9 Å². The fourth-order valence-electron chi connectivity index (χ4n) is 3.16. The molecule has 0 radical (unpaired) electrons. The summed E-state index contributed by atoms with van der Waals surface area (Å²) in [4.78, 5) is 24.7. The third-order valence-corrected chi connectivity index (χ3v) is 6.39. The lowest BCUT2D eigenvalue weighted by molar-refractivity contribution is -0.797. The van der Waals surface area contributed by atoms with Crippen molar-refractivity contribution in [3.8, 4) is 0 Å². The van der Waals surface area contributed by atoms with Gasteiger partial charge in [0.15, 0.2) is 0 Å². The van der Waals surface area contributed by atoms with Crippen LogP contribution in [-0.4, -0.2) is 47.2 Å². The van der Waals surface area contributed by atoms with Crippen molar-refractivity contribution in [2.24, 2.45) is 0 Å². The van der Waals surface area contributed by atoms with Crippen LogP contribution in [0, 0.1) is 0 Å². The number of hydrogen-bond acceptors (Lipinski definition) is 6. The number of amides is 1. The van der Waals surface area contributed by atoms with Gasteiger partial charge in [0.1, 0.15) is 18.2 Å². The molecule has 0 spiro atoms. The van der Waals surface area contributed by atoms with Crippen molar-refractivity contribution in [1.82, 2.24) is 0 Å². The summed E-state index contributed by atoms with van der Waals surface area (Å²) in [6, 6.07) is 7.27. The summed E-state index contributed by atoms with van der Waals surface area (Å²) in [6.45, 7) is 5.54. The molecule has 1 saturated heterocycles. The van der Waals surface area contributed by atoms with E-state index in [4.69, 9.17) is 8.92 Å². The van der Waals surface area contributed by atoms with Crippen molar-refractivity contribution in [1.29, 1.82) is 0 Å². The molecule has 1 N–H and O–H groups in total. The minimum absolute atomic E-state index is 0.0906. The lowest BCUT2D eigenvalue weighted by atomic mass is 10.0. The fourth-order valence-corrected chi connectivity index (χ4v) is 5.18. The average molecular weight is 372 g/mol. The normalized spacial score (nSPS) is 28.5. The highest BCUT2D eigenvalue weighted by molar-refractivity contribution is 7.81. The number of rotatable bonds is 3. The van der Waals surface area contributed by atoms with Crippen LogP contribution in [0.25, 0.3) is 0 Å². The number of benzene rings is 1. The van der Waals surface area contributed by atoms with E-state index in [2.05, 4.69) is 0 Å². The zero-order valence-corrected chi connectivity index (χ0v) is 15.3. The molecule has 1 aromatic rings. The zero-order valence-electron chi connectivity index (χ0n) is 14.5. The summed E-state index contributed by atoms with van der Waals surface area (Å²) in [5.74, 6) is -0.935. The molecule has 1 aliphatic rings. The molecule has 1 unspecified atom stereocenters. The second kappa shape index (κ2) is 6.40. The summed E-state index contributed by atoms with van der Waals surface area (Å²) in [7, 11) is -4.59. The van der Waals surface area contributed by atoms with E-state index in [-0.39, 0.29) is 6.61 Å². The van der Waals surface area contributed by atoms with E-state index >= 15 is 0 Å². The number of esters is 1. The summed E-state index contributed by atoms with van der Waals surface area (Å²) < 4.78 is 33.6. The van der Waals surface area contributed by atoms with E-state index in [1.165, 1.54) is 27.7 Å². The molecule has 1 aromatic carbocycles. The van der Waals surface area contributed by atoms with Gasteiger partial charge >= 0.3 is 22.4 Å². The van der Waals surface area contributed by atoms with Gasteiger partial charge in [0.05, 0.1) is 0 Å². The highest BCUT2D eigenvalue weighted by atomic mass is 32.2. The van der Waals surface area contributed by atoms with Crippen LogP contribution in [0.1, 0.15) is 33.3 Å². The molecule has 1 amide bonds. The molecule has 138 valence electrons. The number of ether oxygens (including phenoxy) is 1. The van der Waals surface area contributed by atoms with Gasteiger partial charge in [-0.1, -0.05) is 34.2 Å². The third-order valence-electron chi connectivity index (χ3n) is 4.21. The van der Waals surface area contributed by atoms with Crippen molar-refractivity contribution in [2.45, 2.75) is 52.0 Å². The third kappa shape index (κ3) is 3.03. The van der Waals surface area contributed by atoms with Gasteiger partial charge < -0.3 is 9.84 Å². The first-order chi connectivity index (χ1) is 11.4. The number of carbonyl (C=O) groups excluding carboxylic acids is 1. The average Bonchev–Trinajstić information content (AvgIpc) is 2.71. The largest absolute Gasteiger partial charge is 0.532 e. The van der Waals surface area contributed by atoms with Crippen molar-refractivity contribution in [2.75, 3.05) is 0 Å². The second-order valence-corrected chi connectivity index (χ2v) is 8.50. The molecule has 25 heavy (non-hydrogen) atoms. The molecule has 1 fully saturated rings. The van der Waals surface area contributed by atoms with Crippen molar-refractivity contribution in [3.05, 3.63) is 35.9 Å². The first-order valence-electron chi connectivity index (χ1n) is 7.71. The van der Waals surface area contributed by atoms with Crippen LogP contribution in [0.4, 0.5) is 4.79 Å². The highest BCUT2D eigenvalue weighted by Gasteiger charge is 2.74. The van der Waals surface area contributed by atoms with E-state index < -0.39 is 43.9 Å². The summed E-state index contributed by atoms with van der Waals surface area (Å²) in [5, 5.41) is 9.76. The SMILES string of the molecule is C[C@H]1OS(=O)(=O)[N+](C(=O)O)(C(C)(C)C)[C@@H]1C(=O)OCc1ccccc1. The van der Waals surface area contributed by atoms with E-state index in [1.54, 1.807) is 30.3 Å². The zero-order chi connectivity index (χ0) is 19.0. The summed E-state index contributed by atoms with van der Waals surface area (Å²) in [5.41, 5.74) is -0.652. The van der Waals surface area contributed by atoms with Crippen LogP contribution >= 0.6 is 0 Å². The number of carboxylic acid groups (broad SMARTS) is 1. The molecular formula is C16H22NO7S+. The van der Waals surface area contributed by atoms with Crippen LogP contribution in [0.15, 0.2) is 30.3 Å². The molecule has 0 bridgehead atoms. The van der Waals surface area contributed by atoms with Crippen molar-refractivity contribution in [3.63, 3.8) is 0 Å². The van der Waals surface area contributed by atoms with E-state index in [9.17, 15) is 23.1 Å². The van der Waals surface area contributed by atoms with Gasteiger partial charge in [-0.3, -0.25) is 0 Å². The molecule has 0 aromatic heterocycles. The Hall–Kier alpha value is -1.97. The summed E-state index contributed by atoms with van der Waals surface area (Å²) >= 11 is 0. The smallest absolute Gasteiger partial charge is 0.456 e. The minimum atomic E-state index is -4.59. The number of carbonyl (C=O) groups is 2. The van der Waals surface area contributed by atoms with Crippen LogP contribution in [-0.2, 0) is 30.6 Å². The quantitative estimate of drug-likeness (QED) is 0.639. The molecule has 0 aliphatic carbocycles. The van der Waals surface area contributed by atoms with E-state index in [1.807, 2.05) is 0 Å². The Bertz CT molecular complexity index is 769. The lowest BCUT2D eigenvalue weighted by Gasteiger charge is -2.39. The predicted octanol–water partition coefficient (Wildman–Crippen LogP) is 2.06. The lowest BCUT2D eigenvalue weighted by Crippen LogP contribution is -2.70. The Balaban J connectivity index is 2.42. The van der Waals surface area contributed by atoms with Gasteiger partial charge in [-0.05, 0) is 33.3 Å². The van der Waals surface area contributed by atoms with Gasteiger partial charge in [-0.15, -0.1) is 8.42 Å². The Labute approximate surface area is 146 Å². The predicted molar refractivity (Wildman–Crippen MR) is 87.5 cm³/mol. The van der Waals surface area contributed by atoms with Gasteiger partial charge in [0.25, 0.3) is 0 Å². The maximum absolute atomic E-state index is 12.6. The summed E-state index contributed by atoms with van der Waals surface area (Å²) in [6.07, 6.45) is -2.85. The Morgan fingerprint density at radius 2 is 1.80 bits per heavy atom. The van der Waals surface area contributed by atoms with Crippen LogP contribution in [0.5, 0.6) is 0 Å². The van der Waals surface area contributed by atoms with Crippen molar-refractivity contribution >= 4 is 22.4 Å². The molecule has 9 heteroatoms. The van der Waals surface area contributed by atoms with Crippen LogP contribution in [0.2, 0.25) is 0 Å². The molecule has 1 aliphatic heterocycles. The molecular weight excluding hydrogens is 350 g/mol. The molecule has 1 heterocycles. The molecule has 8 nitrogen and oxygen atoms in total. The van der Waals surface area contributed by atoms with E-state index in [0.717, 1.165) is 0 Å². The van der Waals surface area contributed by atoms with Crippen LogP contribution in [0.3, 0.4) is 0 Å². The molecule has 2 rings (SSSR count). The van der Waals surface area contributed by atoms with E-state index in [0.29, 0.717) is 5.56 Å². The first kappa shape index (κ1) is 19.4. The van der Waals surface area contributed by atoms with Gasteiger partial charge in [0.2, 0.25) is 6.04 Å². The Kier molecular flexibility index (Phi) is 4.95. The Morgan fingerprint density at radius 3 is 2.28 bits per heavy atom. The number of quaternary nitrogens is 1. The van der Waals surface area contributed by atoms with Gasteiger partial charge in [-0.25, -0.2) is 8.98 Å². The standard InChI is InChI=1S/C16H21NO7S/c1-11-13(14(18)23-10-12-8-6-5-7-9-12)17(15(19)20,16(2,3)4)25(21,22)24-11/h5-9,11,13H,10H2,1-4H3/p+1/t11-,13+,17?/m1/s1.